The SMILES string of the molecule is CC(C)C=O.CC1CCCC(C)(C)C1C. The predicted octanol–water partition coefficient (Wildman–Crippen LogP) is 4.31. The normalized spacial score (nSPS) is 29.3. The molecular formula is C14H28O. The van der Waals surface area contributed by atoms with Crippen LogP contribution in [0.3, 0.4) is 0 Å². The molecule has 1 aliphatic carbocycles. The van der Waals surface area contributed by atoms with Crippen molar-refractivity contribution in [2.24, 2.45) is 23.2 Å². The van der Waals surface area contributed by atoms with Crippen LogP contribution >= 0.6 is 0 Å². The number of aldehydes is 1. The second-order valence-electron chi connectivity index (χ2n) is 6.03. The van der Waals surface area contributed by atoms with Crippen molar-refractivity contribution in [2.75, 3.05) is 0 Å². The Labute approximate surface area is 95.6 Å². The summed E-state index contributed by atoms with van der Waals surface area (Å²) in [7, 11) is 0. The van der Waals surface area contributed by atoms with Gasteiger partial charge in [0.15, 0.2) is 0 Å². The lowest BCUT2D eigenvalue weighted by Gasteiger charge is -2.40. The van der Waals surface area contributed by atoms with E-state index in [4.69, 9.17) is 0 Å². The molecule has 1 rings (SSSR count). The van der Waals surface area contributed by atoms with Gasteiger partial charge in [-0.3, -0.25) is 0 Å². The fourth-order valence-corrected chi connectivity index (χ4v) is 2.13. The van der Waals surface area contributed by atoms with E-state index in [1.807, 2.05) is 13.8 Å². The Bertz CT molecular complexity index is 182. The lowest BCUT2D eigenvalue weighted by atomic mass is 9.65. The minimum absolute atomic E-state index is 0.204. The highest BCUT2D eigenvalue weighted by Crippen LogP contribution is 2.43. The number of carbonyl (C=O) groups is 1. The summed E-state index contributed by atoms with van der Waals surface area (Å²) < 4.78 is 0. The van der Waals surface area contributed by atoms with E-state index in [-0.39, 0.29) is 5.92 Å². The van der Waals surface area contributed by atoms with Gasteiger partial charge < -0.3 is 4.79 Å². The van der Waals surface area contributed by atoms with Gasteiger partial charge in [0.25, 0.3) is 0 Å². The molecule has 1 nitrogen and oxygen atoms in total. The highest BCUT2D eigenvalue weighted by molar-refractivity contribution is 5.51. The monoisotopic (exact) mass is 212 g/mol. The van der Waals surface area contributed by atoms with Crippen LogP contribution in [0, 0.1) is 23.2 Å². The quantitative estimate of drug-likeness (QED) is 0.592. The zero-order chi connectivity index (χ0) is 12.1. The first-order chi connectivity index (χ1) is 6.81. The lowest BCUT2D eigenvalue weighted by molar-refractivity contribution is -0.110. The van der Waals surface area contributed by atoms with Crippen LogP contribution in [0.4, 0.5) is 0 Å². The van der Waals surface area contributed by atoms with Gasteiger partial charge in [-0.2, -0.15) is 0 Å². The average molecular weight is 212 g/mol. The molecule has 2 unspecified atom stereocenters. The Morgan fingerprint density at radius 2 is 1.73 bits per heavy atom. The molecular weight excluding hydrogens is 184 g/mol. The van der Waals surface area contributed by atoms with Crippen LogP contribution < -0.4 is 0 Å². The molecule has 0 bridgehead atoms. The van der Waals surface area contributed by atoms with Crippen molar-refractivity contribution in [2.45, 2.75) is 60.8 Å². The van der Waals surface area contributed by atoms with Crippen molar-refractivity contribution in [3.8, 4) is 0 Å². The maximum atomic E-state index is 9.50. The Morgan fingerprint density at radius 3 is 2.00 bits per heavy atom. The molecule has 0 radical (unpaired) electrons. The van der Waals surface area contributed by atoms with E-state index >= 15 is 0 Å². The van der Waals surface area contributed by atoms with Crippen LogP contribution in [-0.2, 0) is 4.79 Å². The molecule has 0 aliphatic heterocycles. The van der Waals surface area contributed by atoms with Gasteiger partial charge >= 0.3 is 0 Å². The Morgan fingerprint density at radius 1 is 1.27 bits per heavy atom. The maximum absolute atomic E-state index is 9.50. The first kappa shape index (κ1) is 14.7. The van der Waals surface area contributed by atoms with E-state index < -0.39 is 0 Å². The van der Waals surface area contributed by atoms with Gasteiger partial charge in [-0.1, -0.05) is 54.4 Å². The summed E-state index contributed by atoms with van der Waals surface area (Å²) >= 11 is 0. The van der Waals surface area contributed by atoms with Crippen LogP contribution in [0.1, 0.15) is 60.8 Å². The van der Waals surface area contributed by atoms with Crippen molar-refractivity contribution in [3.63, 3.8) is 0 Å². The number of carbonyl (C=O) groups excluding carboxylic acids is 1. The number of hydrogen-bond acceptors (Lipinski definition) is 1. The Hall–Kier alpha value is -0.330. The van der Waals surface area contributed by atoms with Crippen LogP contribution in [0.2, 0.25) is 0 Å². The summed E-state index contributed by atoms with van der Waals surface area (Å²) in [6.45, 7) is 13.3. The van der Waals surface area contributed by atoms with Crippen LogP contribution in [0.5, 0.6) is 0 Å². The third-order valence-corrected chi connectivity index (χ3v) is 3.84. The predicted molar refractivity (Wildman–Crippen MR) is 66.9 cm³/mol. The van der Waals surface area contributed by atoms with Crippen molar-refractivity contribution in [3.05, 3.63) is 0 Å². The van der Waals surface area contributed by atoms with Crippen molar-refractivity contribution < 1.29 is 4.79 Å². The first-order valence-electron chi connectivity index (χ1n) is 6.26. The molecule has 0 aromatic rings. The molecule has 1 fully saturated rings. The minimum Gasteiger partial charge on any atom is -0.303 e. The van der Waals surface area contributed by atoms with Gasteiger partial charge in [-0.25, -0.2) is 0 Å². The van der Waals surface area contributed by atoms with Gasteiger partial charge in [0.2, 0.25) is 0 Å². The second-order valence-corrected chi connectivity index (χ2v) is 6.03. The zero-order valence-electron chi connectivity index (χ0n) is 11.3. The number of rotatable bonds is 1. The van der Waals surface area contributed by atoms with Gasteiger partial charge in [0, 0.05) is 5.92 Å². The van der Waals surface area contributed by atoms with Crippen molar-refractivity contribution >= 4 is 6.29 Å². The largest absolute Gasteiger partial charge is 0.303 e. The lowest BCUT2D eigenvalue weighted by Crippen LogP contribution is -2.31. The number of hydrogen-bond donors (Lipinski definition) is 0. The maximum Gasteiger partial charge on any atom is 0.122 e. The standard InChI is InChI=1S/C10H20.C4H8O/c1-8-6-5-7-10(3,4)9(8)2;1-4(2)3-5/h8-9H,5-7H2,1-4H3;3-4H,1-2H3. The van der Waals surface area contributed by atoms with Crippen LogP contribution in [0.25, 0.3) is 0 Å². The molecule has 0 N–H and O–H groups in total. The summed E-state index contributed by atoms with van der Waals surface area (Å²) in [5.74, 6) is 2.07. The minimum atomic E-state index is 0.204. The molecule has 2 atom stereocenters. The summed E-state index contributed by atoms with van der Waals surface area (Å²) in [5.41, 5.74) is 0.609. The van der Waals surface area contributed by atoms with E-state index in [2.05, 4.69) is 27.7 Å². The molecule has 0 saturated heterocycles. The van der Waals surface area contributed by atoms with Gasteiger partial charge in [-0.05, 0) is 23.7 Å². The van der Waals surface area contributed by atoms with E-state index in [0.29, 0.717) is 5.41 Å². The molecule has 0 amide bonds. The van der Waals surface area contributed by atoms with E-state index in [1.54, 1.807) is 0 Å². The van der Waals surface area contributed by atoms with E-state index in [9.17, 15) is 4.79 Å². The third-order valence-electron chi connectivity index (χ3n) is 3.84. The smallest absolute Gasteiger partial charge is 0.122 e. The summed E-state index contributed by atoms with van der Waals surface area (Å²) in [6, 6.07) is 0. The highest BCUT2D eigenvalue weighted by atomic mass is 16.1. The third kappa shape index (κ3) is 5.34. The molecule has 1 aliphatic rings. The molecule has 0 spiro atoms. The molecule has 15 heavy (non-hydrogen) atoms. The van der Waals surface area contributed by atoms with Crippen molar-refractivity contribution in [1.29, 1.82) is 0 Å². The molecule has 0 aromatic heterocycles. The van der Waals surface area contributed by atoms with Crippen molar-refractivity contribution in [1.82, 2.24) is 0 Å². The second kappa shape index (κ2) is 6.30. The molecule has 0 heterocycles. The first-order valence-corrected chi connectivity index (χ1v) is 6.26. The van der Waals surface area contributed by atoms with Crippen LogP contribution in [-0.4, -0.2) is 6.29 Å². The Balaban J connectivity index is 0.000000336. The fraction of sp³-hybridized carbons (Fsp3) is 0.929. The van der Waals surface area contributed by atoms with Crippen LogP contribution in [0.15, 0.2) is 0 Å². The van der Waals surface area contributed by atoms with E-state index in [1.165, 1.54) is 19.3 Å². The molecule has 90 valence electrons. The summed E-state index contributed by atoms with van der Waals surface area (Å²) in [4.78, 5) is 9.50. The van der Waals surface area contributed by atoms with E-state index in [0.717, 1.165) is 18.1 Å². The molecule has 1 saturated carbocycles. The topological polar surface area (TPSA) is 17.1 Å². The van der Waals surface area contributed by atoms with Gasteiger partial charge in [0.1, 0.15) is 6.29 Å². The van der Waals surface area contributed by atoms with Gasteiger partial charge in [-0.15, -0.1) is 0 Å². The van der Waals surface area contributed by atoms with Gasteiger partial charge in [0.05, 0.1) is 0 Å². The molecule has 0 aromatic carbocycles. The highest BCUT2D eigenvalue weighted by Gasteiger charge is 2.32. The Kier molecular flexibility index (Phi) is 6.16. The average Bonchev–Trinajstić information content (AvgIpc) is 2.15. The molecule has 1 heteroatoms. The zero-order valence-corrected chi connectivity index (χ0v) is 11.3. The summed E-state index contributed by atoms with van der Waals surface area (Å²) in [6.07, 6.45) is 5.24. The fourth-order valence-electron chi connectivity index (χ4n) is 2.13. The summed E-state index contributed by atoms with van der Waals surface area (Å²) in [5, 5.41) is 0.